The molecule has 0 unspecified atom stereocenters. The highest BCUT2D eigenvalue weighted by molar-refractivity contribution is 7.18. The number of para-hydroxylation sites is 1. The quantitative estimate of drug-likeness (QED) is 0.513. The van der Waals surface area contributed by atoms with Gasteiger partial charge < -0.3 is 9.88 Å². The number of hydrogen-bond donors (Lipinski definition) is 1. The number of nitrogens with one attached hydrogen (secondary N) is 1. The van der Waals surface area contributed by atoms with Crippen LogP contribution in [0.2, 0.25) is 0 Å². The molecule has 162 valence electrons. The molecule has 0 radical (unpaired) electrons. The fourth-order valence-electron chi connectivity index (χ4n) is 3.81. The number of fused-ring (bicyclic) bond motifs is 2. The third-order valence-electron chi connectivity index (χ3n) is 5.60. The molecule has 1 aromatic carbocycles. The zero-order valence-electron chi connectivity index (χ0n) is 17.6. The van der Waals surface area contributed by atoms with Crippen molar-refractivity contribution in [3.8, 4) is 6.07 Å². The monoisotopic (exact) mass is 450 g/mol. The summed E-state index contributed by atoms with van der Waals surface area (Å²) < 4.78 is 16.4. The number of hydrogen-bond acceptors (Lipinski definition) is 7. The van der Waals surface area contributed by atoms with Gasteiger partial charge in [0.25, 0.3) is 5.91 Å². The van der Waals surface area contributed by atoms with E-state index in [9.17, 15) is 14.4 Å². The number of carbonyl (C=O) groups excluding carboxylic acids is 1. The van der Waals surface area contributed by atoms with Crippen molar-refractivity contribution in [2.24, 2.45) is 7.05 Å². The minimum atomic E-state index is -0.933. The Morgan fingerprint density at radius 3 is 2.94 bits per heavy atom. The van der Waals surface area contributed by atoms with Crippen molar-refractivity contribution < 1.29 is 9.18 Å². The molecule has 9 nitrogen and oxygen atoms in total. The third kappa shape index (κ3) is 3.06. The van der Waals surface area contributed by atoms with Crippen molar-refractivity contribution >= 4 is 27.5 Å². The molecule has 0 fully saturated rings. The van der Waals surface area contributed by atoms with E-state index in [2.05, 4.69) is 31.1 Å². The summed E-state index contributed by atoms with van der Waals surface area (Å²) in [6, 6.07) is 6.39. The van der Waals surface area contributed by atoms with E-state index < -0.39 is 17.3 Å². The van der Waals surface area contributed by atoms with Gasteiger partial charge in [-0.3, -0.25) is 4.79 Å². The molecule has 0 saturated heterocycles. The second kappa shape index (κ2) is 7.20. The molecule has 1 aliphatic rings. The maximum Gasteiger partial charge on any atom is 0.292 e. The average Bonchev–Trinajstić information content (AvgIpc) is 3.50. The van der Waals surface area contributed by atoms with Crippen LogP contribution in [0.4, 0.5) is 4.39 Å². The normalized spacial score (nSPS) is 16.2. The van der Waals surface area contributed by atoms with Crippen molar-refractivity contribution in [3.05, 3.63) is 58.4 Å². The number of aromatic amines is 1. The van der Waals surface area contributed by atoms with Gasteiger partial charge in [-0.25, -0.2) is 24.0 Å². The molecule has 0 spiro atoms. The van der Waals surface area contributed by atoms with E-state index in [4.69, 9.17) is 0 Å². The smallest absolute Gasteiger partial charge is 0.292 e. The van der Waals surface area contributed by atoms with Crippen LogP contribution in [0.1, 0.15) is 52.7 Å². The molecule has 1 amide bonds. The molecule has 32 heavy (non-hydrogen) atoms. The molecular weight excluding hydrogens is 431 g/mol. The van der Waals surface area contributed by atoms with Crippen molar-refractivity contribution in [1.82, 2.24) is 34.6 Å². The predicted molar refractivity (Wildman–Crippen MR) is 114 cm³/mol. The second-order valence-electron chi connectivity index (χ2n) is 8.18. The number of amides is 1. The third-order valence-corrected chi connectivity index (χ3v) is 6.67. The Balaban J connectivity index is 1.61. The summed E-state index contributed by atoms with van der Waals surface area (Å²) in [5, 5.41) is 14.3. The number of benzene rings is 1. The number of aryl methyl sites for hydroxylation is 1. The Morgan fingerprint density at radius 2 is 2.19 bits per heavy atom. The van der Waals surface area contributed by atoms with E-state index in [0.29, 0.717) is 28.4 Å². The summed E-state index contributed by atoms with van der Waals surface area (Å²) in [5.41, 5.74) is 0.948. The molecule has 11 heteroatoms. The van der Waals surface area contributed by atoms with Crippen LogP contribution in [-0.2, 0) is 18.9 Å². The molecule has 4 heterocycles. The number of imidazole rings is 1. The zero-order chi connectivity index (χ0) is 22.6. The van der Waals surface area contributed by atoms with Gasteiger partial charge in [-0.1, -0.05) is 6.07 Å². The Labute approximate surface area is 186 Å². The van der Waals surface area contributed by atoms with Crippen molar-refractivity contribution in [1.29, 1.82) is 5.26 Å². The summed E-state index contributed by atoms with van der Waals surface area (Å²) in [7, 11) is 1.63. The van der Waals surface area contributed by atoms with Crippen LogP contribution in [0.25, 0.3) is 10.2 Å². The molecule has 0 aliphatic carbocycles. The first-order valence-corrected chi connectivity index (χ1v) is 10.8. The van der Waals surface area contributed by atoms with Crippen molar-refractivity contribution in [2.45, 2.75) is 31.7 Å². The maximum atomic E-state index is 14.3. The van der Waals surface area contributed by atoms with E-state index in [1.54, 1.807) is 44.3 Å². The first-order chi connectivity index (χ1) is 15.3. The number of H-pyrrole nitrogens is 1. The second-order valence-corrected chi connectivity index (χ2v) is 9.24. The lowest BCUT2D eigenvalue weighted by Gasteiger charge is -2.33. The molecule has 5 rings (SSSR count). The molecule has 4 aromatic rings. The lowest BCUT2D eigenvalue weighted by molar-refractivity contribution is 0.0672. The maximum absolute atomic E-state index is 14.3. The summed E-state index contributed by atoms with van der Waals surface area (Å²) in [6.45, 7) is 3.80. The van der Waals surface area contributed by atoms with Crippen LogP contribution in [-0.4, -0.2) is 47.1 Å². The lowest BCUT2D eigenvalue weighted by atomic mass is 9.95. The predicted octanol–water partition coefficient (Wildman–Crippen LogP) is 2.88. The van der Waals surface area contributed by atoms with Gasteiger partial charge in [-0.05, 0) is 26.0 Å². The minimum absolute atomic E-state index is 0.125. The highest BCUT2D eigenvalue weighted by atomic mass is 32.1. The molecule has 1 N–H and O–H groups in total. The minimum Gasteiger partial charge on any atom is -0.348 e. The van der Waals surface area contributed by atoms with Gasteiger partial charge >= 0.3 is 0 Å². The fourth-order valence-corrected chi connectivity index (χ4v) is 4.91. The van der Waals surface area contributed by atoms with Crippen LogP contribution in [0.15, 0.2) is 24.5 Å². The summed E-state index contributed by atoms with van der Waals surface area (Å²) in [5.74, 6) is -0.350. The standard InChI is InChI=1S/C21H19FN8OS/c1-21(2,9-23)20-27-17(29(3)28-20)19(31)30-8-7-12-15(25-10-24-12)16(30)18-26-14-11(22)5-4-6-13(14)32-18/h4-6,10,16H,7-8H2,1-3H3,(H,24,25)/t16-/m0/s1. The van der Waals surface area contributed by atoms with Gasteiger partial charge in [0, 0.05) is 25.7 Å². The average molecular weight is 451 g/mol. The first kappa shape index (κ1) is 20.3. The molecule has 1 atom stereocenters. The highest BCUT2D eigenvalue weighted by Crippen LogP contribution is 2.38. The van der Waals surface area contributed by atoms with Crippen LogP contribution in [0.3, 0.4) is 0 Å². The molecular formula is C21H19FN8OS. The van der Waals surface area contributed by atoms with Crippen molar-refractivity contribution in [3.63, 3.8) is 0 Å². The number of thiazole rings is 1. The summed E-state index contributed by atoms with van der Waals surface area (Å²) in [6.07, 6.45) is 2.18. The fraction of sp³-hybridized carbons (Fsp3) is 0.333. The Bertz CT molecular complexity index is 1390. The zero-order valence-corrected chi connectivity index (χ0v) is 18.4. The van der Waals surface area contributed by atoms with Gasteiger partial charge in [-0.2, -0.15) is 10.4 Å². The molecule has 0 bridgehead atoms. The Kier molecular flexibility index (Phi) is 4.56. The van der Waals surface area contributed by atoms with Gasteiger partial charge in [0.2, 0.25) is 5.82 Å². The lowest BCUT2D eigenvalue weighted by Crippen LogP contribution is -2.41. The first-order valence-electron chi connectivity index (χ1n) is 10.0. The van der Waals surface area contributed by atoms with Gasteiger partial charge in [0.05, 0.1) is 22.8 Å². The largest absolute Gasteiger partial charge is 0.348 e. The SMILES string of the molecule is Cn1nc(C(C)(C)C#N)nc1C(=O)N1CCc2[nH]cnc2[C@H]1c1nc2c(F)cccc2s1. The Hall–Kier alpha value is -3.65. The number of carbonyl (C=O) groups is 1. The Morgan fingerprint density at radius 1 is 1.38 bits per heavy atom. The van der Waals surface area contributed by atoms with E-state index in [1.807, 2.05) is 0 Å². The number of nitrogens with zero attached hydrogens (tertiary/aromatic N) is 7. The molecule has 1 aliphatic heterocycles. The number of aromatic nitrogens is 6. The molecule has 0 saturated carbocycles. The van der Waals surface area contributed by atoms with Crippen LogP contribution in [0, 0.1) is 17.1 Å². The van der Waals surface area contributed by atoms with E-state index in [0.717, 1.165) is 5.69 Å². The van der Waals surface area contributed by atoms with E-state index in [-0.39, 0.29) is 23.1 Å². The highest BCUT2D eigenvalue weighted by Gasteiger charge is 2.39. The summed E-state index contributed by atoms with van der Waals surface area (Å²) in [4.78, 5) is 31.8. The molecule has 3 aromatic heterocycles. The van der Waals surface area contributed by atoms with Gasteiger partial charge in [0.1, 0.15) is 27.8 Å². The number of halogens is 1. The van der Waals surface area contributed by atoms with E-state index in [1.165, 1.54) is 22.1 Å². The van der Waals surface area contributed by atoms with Gasteiger partial charge in [-0.15, -0.1) is 11.3 Å². The number of rotatable bonds is 3. The van der Waals surface area contributed by atoms with Crippen LogP contribution in [0.5, 0.6) is 0 Å². The topological polar surface area (TPSA) is 116 Å². The van der Waals surface area contributed by atoms with Crippen molar-refractivity contribution in [2.75, 3.05) is 6.54 Å². The van der Waals surface area contributed by atoms with Gasteiger partial charge in [0.15, 0.2) is 5.82 Å². The van der Waals surface area contributed by atoms with Crippen LogP contribution < -0.4 is 0 Å². The van der Waals surface area contributed by atoms with Crippen LogP contribution >= 0.6 is 11.3 Å². The number of nitriles is 1. The van der Waals surface area contributed by atoms with E-state index >= 15 is 0 Å². The summed E-state index contributed by atoms with van der Waals surface area (Å²) >= 11 is 1.33.